The van der Waals surface area contributed by atoms with Gasteiger partial charge in [-0.3, -0.25) is 9.59 Å². The van der Waals surface area contributed by atoms with Gasteiger partial charge in [-0.2, -0.15) is 0 Å². The number of anilines is 1. The number of carbonyl (C=O) groups excluding carboxylic acids is 2. The second kappa shape index (κ2) is 9.93. The molecule has 2 rings (SSSR count). The molecule has 0 unspecified atom stereocenters. The number of amides is 2. The molecule has 0 fully saturated rings. The van der Waals surface area contributed by atoms with Crippen LogP contribution in [0.2, 0.25) is 0 Å². The number of carbonyl (C=O) groups is 2. The number of hydrogen-bond acceptors (Lipinski definition) is 5. The van der Waals surface area contributed by atoms with Crippen LogP contribution in [-0.4, -0.2) is 50.0 Å². The summed E-state index contributed by atoms with van der Waals surface area (Å²) in [5, 5.41) is 5.58. The van der Waals surface area contributed by atoms with Gasteiger partial charge in [0.2, 0.25) is 10.0 Å². The Morgan fingerprint density at radius 3 is 2.23 bits per heavy atom. The molecular weight excluding hydrogens is 418 g/mol. The van der Waals surface area contributed by atoms with E-state index in [1.807, 2.05) is 20.8 Å². The molecule has 0 atom stereocenters. The van der Waals surface area contributed by atoms with Crippen molar-refractivity contribution in [2.24, 2.45) is 0 Å². The van der Waals surface area contributed by atoms with Crippen molar-refractivity contribution in [3.05, 3.63) is 59.7 Å². The number of ether oxygens (including phenoxy) is 1. The maximum Gasteiger partial charge on any atom is 0.262 e. The summed E-state index contributed by atoms with van der Waals surface area (Å²) in [4.78, 5) is 24.8. The van der Waals surface area contributed by atoms with Crippen molar-refractivity contribution in [1.29, 1.82) is 0 Å². The first-order valence-electron chi connectivity index (χ1n) is 9.69. The standard InChI is InChI=1S/C22H29N3O5S/c1-22(2,3)24-21(27)18-8-6-7-9-19(18)23-20(26)15-30-17-12-10-16(11-13-17)14-25(4)31(5,28)29/h6-13H,14-15H2,1-5H3,(H,23,26)(H,24,27). The van der Waals surface area contributed by atoms with E-state index in [-0.39, 0.29) is 19.1 Å². The van der Waals surface area contributed by atoms with Gasteiger partial charge in [-0.25, -0.2) is 12.7 Å². The molecule has 2 aromatic rings. The molecule has 0 aliphatic rings. The largest absolute Gasteiger partial charge is 0.484 e. The van der Waals surface area contributed by atoms with Crippen molar-refractivity contribution in [3.63, 3.8) is 0 Å². The Bertz CT molecular complexity index is 1030. The molecule has 8 nitrogen and oxygen atoms in total. The highest BCUT2D eigenvalue weighted by atomic mass is 32.2. The van der Waals surface area contributed by atoms with Crippen LogP contribution in [0, 0.1) is 0 Å². The maximum atomic E-state index is 12.5. The molecule has 0 saturated heterocycles. The molecule has 0 bridgehead atoms. The predicted molar refractivity (Wildman–Crippen MR) is 121 cm³/mol. The van der Waals surface area contributed by atoms with Gasteiger partial charge in [0.1, 0.15) is 5.75 Å². The van der Waals surface area contributed by atoms with Crippen LogP contribution in [0.3, 0.4) is 0 Å². The fourth-order valence-electron chi connectivity index (χ4n) is 2.60. The molecule has 0 aromatic heterocycles. The zero-order valence-electron chi connectivity index (χ0n) is 18.4. The highest BCUT2D eigenvalue weighted by Gasteiger charge is 2.18. The third-order valence-electron chi connectivity index (χ3n) is 4.20. The normalized spacial score (nSPS) is 11.8. The third kappa shape index (κ3) is 8.03. The SMILES string of the molecule is CN(Cc1ccc(OCC(=O)Nc2ccccc2C(=O)NC(C)(C)C)cc1)S(C)(=O)=O. The molecular formula is C22H29N3O5S. The molecule has 0 aliphatic carbocycles. The van der Waals surface area contributed by atoms with Gasteiger partial charge in [-0.1, -0.05) is 24.3 Å². The van der Waals surface area contributed by atoms with Crippen LogP contribution in [0.15, 0.2) is 48.5 Å². The summed E-state index contributed by atoms with van der Waals surface area (Å²) >= 11 is 0. The van der Waals surface area contributed by atoms with Crippen LogP contribution in [-0.2, 0) is 21.4 Å². The first kappa shape index (κ1) is 24.4. The van der Waals surface area contributed by atoms with E-state index in [0.29, 0.717) is 17.0 Å². The Morgan fingerprint density at radius 2 is 1.65 bits per heavy atom. The lowest BCUT2D eigenvalue weighted by molar-refractivity contribution is -0.118. The monoisotopic (exact) mass is 447 g/mol. The highest BCUT2D eigenvalue weighted by molar-refractivity contribution is 7.88. The summed E-state index contributed by atoms with van der Waals surface area (Å²) in [6.45, 7) is 5.64. The number of nitrogens with one attached hydrogen (secondary N) is 2. The van der Waals surface area contributed by atoms with E-state index in [1.165, 1.54) is 11.4 Å². The lowest BCUT2D eigenvalue weighted by atomic mass is 10.1. The Kier molecular flexibility index (Phi) is 7.80. The van der Waals surface area contributed by atoms with E-state index in [4.69, 9.17) is 4.74 Å². The van der Waals surface area contributed by atoms with Crippen LogP contribution >= 0.6 is 0 Å². The van der Waals surface area contributed by atoms with E-state index in [0.717, 1.165) is 11.8 Å². The number of hydrogen-bond donors (Lipinski definition) is 2. The second-order valence-electron chi connectivity index (χ2n) is 8.25. The van der Waals surface area contributed by atoms with Crippen molar-refractivity contribution in [1.82, 2.24) is 9.62 Å². The number of para-hydroxylation sites is 1. The zero-order valence-corrected chi connectivity index (χ0v) is 19.2. The van der Waals surface area contributed by atoms with Crippen molar-refractivity contribution in [2.75, 3.05) is 25.2 Å². The van der Waals surface area contributed by atoms with Gasteiger partial charge in [0.15, 0.2) is 6.61 Å². The molecule has 31 heavy (non-hydrogen) atoms. The van der Waals surface area contributed by atoms with Crippen molar-refractivity contribution in [3.8, 4) is 5.75 Å². The summed E-state index contributed by atoms with van der Waals surface area (Å²) in [6.07, 6.45) is 1.15. The molecule has 9 heteroatoms. The fraction of sp³-hybridized carbons (Fsp3) is 0.364. The van der Waals surface area contributed by atoms with Crippen molar-refractivity contribution >= 4 is 27.5 Å². The molecule has 0 radical (unpaired) electrons. The predicted octanol–water partition coefficient (Wildman–Crippen LogP) is 2.62. The summed E-state index contributed by atoms with van der Waals surface area (Å²) in [6, 6.07) is 13.6. The number of sulfonamides is 1. The fourth-order valence-corrected chi connectivity index (χ4v) is 2.98. The minimum absolute atomic E-state index is 0.238. The second-order valence-corrected chi connectivity index (χ2v) is 10.3. The van der Waals surface area contributed by atoms with Crippen LogP contribution in [0.5, 0.6) is 5.75 Å². The number of rotatable bonds is 8. The van der Waals surface area contributed by atoms with E-state index < -0.39 is 21.5 Å². The topological polar surface area (TPSA) is 105 Å². The first-order chi connectivity index (χ1) is 14.3. The summed E-state index contributed by atoms with van der Waals surface area (Å²) in [5.74, 6) is -0.212. The smallest absolute Gasteiger partial charge is 0.262 e. The van der Waals surface area contributed by atoms with Crippen LogP contribution in [0.1, 0.15) is 36.7 Å². The van der Waals surface area contributed by atoms with Gasteiger partial charge >= 0.3 is 0 Å². The average Bonchev–Trinajstić information content (AvgIpc) is 2.65. The van der Waals surface area contributed by atoms with E-state index >= 15 is 0 Å². The number of benzene rings is 2. The molecule has 0 aliphatic heterocycles. The molecule has 0 spiro atoms. The van der Waals surface area contributed by atoms with Crippen LogP contribution < -0.4 is 15.4 Å². The molecule has 2 amide bonds. The van der Waals surface area contributed by atoms with Crippen LogP contribution in [0.25, 0.3) is 0 Å². The summed E-state index contributed by atoms with van der Waals surface area (Å²) < 4.78 is 29.7. The molecule has 0 saturated carbocycles. The van der Waals surface area contributed by atoms with E-state index in [1.54, 1.807) is 48.5 Å². The average molecular weight is 448 g/mol. The number of nitrogens with zero attached hydrogens (tertiary/aromatic N) is 1. The van der Waals surface area contributed by atoms with Gasteiger partial charge < -0.3 is 15.4 Å². The lowest BCUT2D eigenvalue weighted by Crippen LogP contribution is -2.41. The van der Waals surface area contributed by atoms with Crippen LogP contribution in [0.4, 0.5) is 5.69 Å². The minimum atomic E-state index is -3.26. The Labute approximate surface area is 183 Å². The van der Waals surface area contributed by atoms with Crippen molar-refractivity contribution in [2.45, 2.75) is 32.9 Å². The Hall–Kier alpha value is -2.91. The molecule has 0 heterocycles. The minimum Gasteiger partial charge on any atom is -0.484 e. The van der Waals surface area contributed by atoms with E-state index in [2.05, 4.69) is 10.6 Å². The molecule has 2 aromatic carbocycles. The van der Waals surface area contributed by atoms with Gasteiger partial charge in [-0.05, 0) is 50.6 Å². The highest BCUT2D eigenvalue weighted by Crippen LogP contribution is 2.17. The maximum absolute atomic E-state index is 12.5. The van der Waals surface area contributed by atoms with Gasteiger partial charge in [0.25, 0.3) is 11.8 Å². The van der Waals surface area contributed by atoms with Gasteiger partial charge in [0.05, 0.1) is 17.5 Å². The lowest BCUT2D eigenvalue weighted by Gasteiger charge is -2.21. The molecule has 168 valence electrons. The summed E-state index contributed by atoms with van der Waals surface area (Å²) in [5.41, 5.74) is 1.16. The Morgan fingerprint density at radius 1 is 1.03 bits per heavy atom. The van der Waals surface area contributed by atoms with Crippen molar-refractivity contribution < 1.29 is 22.7 Å². The molecule has 2 N–H and O–H groups in total. The Balaban J connectivity index is 1.95. The first-order valence-corrected chi connectivity index (χ1v) is 11.5. The van der Waals surface area contributed by atoms with Gasteiger partial charge in [-0.15, -0.1) is 0 Å². The zero-order chi connectivity index (χ0) is 23.2. The van der Waals surface area contributed by atoms with E-state index in [9.17, 15) is 18.0 Å². The van der Waals surface area contributed by atoms with Gasteiger partial charge in [0, 0.05) is 19.1 Å². The third-order valence-corrected chi connectivity index (χ3v) is 5.46. The quantitative estimate of drug-likeness (QED) is 0.647. The summed E-state index contributed by atoms with van der Waals surface area (Å²) in [7, 11) is -1.76.